The molecule has 1 saturated carbocycles. The molecule has 0 spiro atoms. The summed E-state index contributed by atoms with van der Waals surface area (Å²) in [5, 5.41) is 3.73. The molecule has 0 aromatic heterocycles. The lowest BCUT2D eigenvalue weighted by atomic mass is 9.95. The standard InChI is InChI=1S/C11H22N2OS.ClH/c1-2-15-10-6-4-3-5-9(10)13-11(14)7-8-12;/h9-10H,2-8,12H2,1H3,(H,13,14);1H. The Balaban J connectivity index is 0.00000225. The Hall–Kier alpha value is 0.0700. The monoisotopic (exact) mass is 266 g/mol. The van der Waals surface area contributed by atoms with Crippen molar-refractivity contribution in [1.82, 2.24) is 5.32 Å². The van der Waals surface area contributed by atoms with Crippen LogP contribution in [-0.4, -0.2) is 29.5 Å². The summed E-state index contributed by atoms with van der Waals surface area (Å²) >= 11 is 1.97. The zero-order valence-corrected chi connectivity index (χ0v) is 11.5. The Morgan fingerprint density at radius 3 is 2.75 bits per heavy atom. The van der Waals surface area contributed by atoms with E-state index < -0.39 is 0 Å². The van der Waals surface area contributed by atoms with Gasteiger partial charge in [-0.15, -0.1) is 12.4 Å². The van der Waals surface area contributed by atoms with Gasteiger partial charge in [-0.2, -0.15) is 11.8 Å². The highest BCUT2D eigenvalue weighted by atomic mass is 35.5. The third kappa shape index (κ3) is 5.41. The molecule has 0 heterocycles. The van der Waals surface area contributed by atoms with E-state index in [4.69, 9.17) is 5.73 Å². The van der Waals surface area contributed by atoms with Crippen LogP contribution in [0.1, 0.15) is 39.0 Å². The van der Waals surface area contributed by atoms with Crippen LogP contribution in [0.25, 0.3) is 0 Å². The van der Waals surface area contributed by atoms with Gasteiger partial charge in [0.2, 0.25) is 5.91 Å². The topological polar surface area (TPSA) is 55.1 Å². The Bertz CT molecular complexity index is 202. The first kappa shape index (κ1) is 16.1. The fraction of sp³-hybridized carbons (Fsp3) is 0.909. The number of hydrogen-bond acceptors (Lipinski definition) is 3. The minimum atomic E-state index is 0. The number of hydrogen-bond donors (Lipinski definition) is 2. The van der Waals surface area contributed by atoms with E-state index in [1.54, 1.807) is 0 Å². The molecular weight excluding hydrogens is 244 g/mol. The van der Waals surface area contributed by atoms with E-state index in [1.165, 1.54) is 19.3 Å². The van der Waals surface area contributed by atoms with Crippen LogP contribution < -0.4 is 11.1 Å². The fourth-order valence-corrected chi connectivity index (χ4v) is 3.28. The Morgan fingerprint density at radius 2 is 2.12 bits per heavy atom. The molecule has 1 aliphatic carbocycles. The van der Waals surface area contributed by atoms with Gasteiger partial charge >= 0.3 is 0 Å². The number of carbonyl (C=O) groups is 1. The summed E-state index contributed by atoms with van der Waals surface area (Å²) in [6.45, 7) is 2.63. The van der Waals surface area contributed by atoms with E-state index in [2.05, 4.69) is 12.2 Å². The third-order valence-electron chi connectivity index (χ3n) is 2.80. The van der Waals surface area contributed by atoms with Crippen LogP contribution in [0.5, 0.6) is 0 Å². The van der Waals surface area contributed by atoms with E-state index in [0.717, 1.165) is 12.2 Å². The molecule has 0 aromatic carbocycles. The lowest BCUT2D eigenvalue weighted by Crippen LogP contribution is -2.44. The van der Waals surface area contributed by atoms with Crippen molar-refractivity contribution in [3.05, 3.63) is 0 Å². The number of thioether (sulfide) groups is 1. The summed E-state index contributed by atoms with van der Waals surface area (Å²) < 4.78 is 0. The van der Waals surface area contributed by atoms with Crippen molar-refractivity contribution >= 4 is 30.1 Å². The van der Waals surface area contributed by atoms with Crippen molar-refractivity contribution in [3.8, 4) is 0 Å². The molecule has 0 aliphatic heterocycles. The van der Waals surface area contributed by atoms with Crippen LogP contribution in [0.15, 0.2) is 0 Å². The van der Waals surface area contributed by atoms with Gasteiger partial charge in [-0.3, -0.25) is 4.79 Å². The van der Waals surface area contributed by atoms with Crippen LogP contribution >= 0.6 is 24.2 Å². The second kappa shape index (κ2) is 9.14. The first-order valence-electron chi connectivity index (χ1n) is 5.89. The maximum atomic E-state index is 11.5. The predicted octanol–water partition coefficient (Wildman–Crippen LogP) is 1.94. The Labute approximate surface area is 109 Å². The van der Waals surface area contributed by atoms with E-state index >= 15 is 0 Å². The molecule has 2 atom stereocenters. The third-order valence-corrected chi connectivity index (χ3v) is 4.13. The zero-order chi connectivity index (χ0) is 11.1. The van der Waals surface area contributed by atoms with Crippen molar-refractivity contribution in [2.24, 2.45) is 5.73 Å². The van der Waals surface area contributed by atoms with Crippen LogP contribution in [0.2, 0.25) is 0 Å². The summed E-state index contributed by atoms with van der Waals surface area (Å²) in [7, 11) is 0. The summed E-state index contributed by atoms with van der Waals surface area (Å²) in [4.78, 5) is 11.5. The maximum absolute atomic E-state index is 11.5. The lowest BCUT2D eigenvalue weighted by Gasteiger charge is -2.31. The van der Waals surface area contributed by atoms with Crippen LogP contribution in [0.4, 0.5) is 0 Å². The van der Waals surface area contributed by atoms with Gasteiger partial charge < -0.3 is 11.1 Å². The van der Waals surface area contributed by atoms with Gasteiger partial charge in [-0.05, 0) is 18.6 Å². The van der Waals surface area contributed by atoms with E-state index in [9.17, 15) is 4.79 Å². The number of nitrogens with one attached hydrogen (secondary N) is 1. The molecule has 1 rings (SSSR count). The van der Waals surface area contributed by atoms with E-state index in [0.29, 0.717) is 24.3 Å². The fourth-order valence-electron chi connectivity index (χ4n) is 2.09. The zero-order valence-electron chi connectivity index (χ0n) is 9.91. The molecule has 0 aromatic rings. The molecular formula is C11H23ClN2OS. The molecule has 1 fully saturated rings. The van der Waals surface area contributed by atoms with Crippen molar-refractivity contribution in [1.29, 1.82) is 0 Å². The minimum absolute atomic E-state index is 0. The highest BCUT2D eigenvalue weighted by Gasteiger charge is 2.25. The molecule has 0 saturated heterocycles. The van der Waals surface area contributed by atoms with E-state index in [-0.39, 0.29) is 18.3 Å². The van der Waals surface area contributed by atoms with Crippen molar-refractivity contribution in [3.63, 3.8) is 0 Å². The highest BCUT2D eigenvalue weighted by molar-refractivity contribution is 7.99. The van der Waals surface area contributed by atoms with E-state index in [1.807, 2.05) is 11.8 Å². The van der Waals surface area contributed by atoms with Gasteiger partial charge in [0.1, 0.15) is 0 Å². The Kier molecular flexibility index (Phi) is 9.18. The number of halogens is 1. The van der Waals surface area contributed by atoms with Crippen LogP contribution in [0, 0.1) is 0 Å². The number of nitrogens with two attached hydrogens (primary N) is 1. The molecule has 3 N–H and O–H groups in total. The average molecular weight is 267 g/mol. The molecule has 3 nitrogen and oxygen atoms in total. The van der Waals surface area contributed by atoms with Gasteiger partial charge in [0.15, 0.2) is 0 Å². The Morgan fingerprint density at radius 1 is 1.44 bits per heavy atom. The van der Waals surface area contributed by atoms with Gasteiger partial charge in [0.05, 0.1) is 0 Å². The normalized spacial score (nSPS) is 24.6. The smallest absolute Gasteiger partial charge is 0.221 e. The second-order valence-electron chi connectivity index (χ2n) is 3.99. The molecule has 2 unspecified atom stereocenters. The number of amides is 1. The van der Waals surface area contributed by atoms with Crippen LogP contribution in [-0.2, 0) is 4.79 Å². The predicted molar refractivity (Wildman–Crippen MR) is 73.2 cm³/mol. The van der Waals surface area contributed by atoms with Crippen LogP contribution in [0.3, 0.4) is 0 Å². The summed E-state index contributed by atoms with van der Waals surface area (Å²) in [6.07, 6.45) is 5.38. The molecule has 96 valence electrons. The minimum Gasteiger partial charge on any atom is -0.352 e. The summed E-state index contributed by atoms with van der Waals surface area (Å²) in [6, 6.07) is 0.378. The molecule has 0 bridgehead atoms. The number of rotatable bonds is 5. The average Bonchev–Trinajstić information content (AvgIpc) is 2.21. The van der Waals surface area contributed by atoms with Crippen molar-refractivity contribution in [2.45, 2.75) is 50.3 Å². The first-order valence-corrected chi connectivity index (χ1v) is 6.93. The first-order chi connectivity index (χ1) is 7.27. The molecule has 5 heteroatoms. The largest absolute Gasteiger partial charge is 0.352 e. The van der Waals surface area contributed by atoms with Crippen molar-refractivity contribution < 1.29 is 4.79 Å². The summed E-state index contributed by atoms with van der Waals surface area (Å²) in [5.74, 6) is 1.25. The maximum Gasteiger partial charge on any atom is 0.221 e. The highest BCUT2D eigenvalue weighted by Crippen LogP contribution is 2.28. The molecule has 1 aliphatic rings. The SMILES string of the molecule is CCSC1CCCCC1NC(=O)CCN.Cl. The van der Waals surface area contributed by atoms with Gasteiger partial charge in [0, 0.05) is 24.3 Å². The molecule has 0 radical (unpaired) electrons. The number of carbonyl (C=O) groups excluding carboxylic acids is 1. The van der Waals surface area contributed by atoms with Gasteiger partial charge in [-0.25, -0.2) is 0 Å². The van der Waals surface area contributed by atoms with Crippen molar-refractivity contribution in [2.75, 3.05) is 12.3 Å². The van der Waals surface area contributed by atoms with Gasteiger partial charge in [-0.1, -0.05) is 19.8 Å². The molecule has 16 heavy (non-hydrogen) atoms. The summed E-state index contributed by atoms with van der Waals surface area (Å²) in [5.41, 5.74) is 5.36. The quantitative estimate of drug-likeness (QED) is 0.800. The lowest BCUT2D eigenvalue weighted by molar-refractivity contribution is -0.121. The second-order valence-corrected chi connectivity index (χ2v) is 5.51. The molecule has 1 amide bonds. The van der Waals surface area contributed by atoms with Gasteiger partial charge in [0.25, 0.3) is 0 Å².